The Morgan fingerprint density at radius 3 is 2.68 bits per heavy atom. The number of aromatic nitrogens is 2. The lowest BCUT2D eigenvalue weighted by atomic mass is 10.2. The van der Waals surface area contributed by atoms with Crippen molar-refractivity contribution in [1.29, 1.82) is 0 Å². The van der Waals surface area contributed by atoms with E-state index in [4.69, 9.17) is 27.9 Å². The first kappa shape index (κ1) is 14.2. The minimum absolute atomic E-state index is 0.321. The third-order valence-corrected chi connectivity index (χ3v) is 3.39. The molecule has 0 radical (unpaired) electrons. The van der Waals surface area contributed by atoms with Crippen molar-refractivity contribution in [2.75, 3.05) is 7.11 Å². The van der Waals surface area contributed by atoms with Gasteiger partial charge in [0.25, 0.3) is 0 Å². The normalized spacial score (nSPS) is 14.4. The van der Waals surface area contributed by atoms with Crippen LogP contribution < -0.4 is 0 Å². The van der Waals surface area contributed by atoms with Crippen LogP contribution in [0.25, 0.3) is 11.0 Å². The Morgan fingerprint density at radius 1 is 1.42 bits per heavy atom. The van der Waals surface area contributed by atoms with E-state index in [2.05, 4.69) is 4.98 Å². The molecule has 0 saturated carbocycles. The lowest BCUT2D eigenvalue weighted by Gasteiger charge is -2.16. The van der Waals surface area contributed by atoms with E-state index in [1.807, 2.05) is 6.92 Å². The van der Waals surface area contributed by atoms with Gasteiger partial charge in [0.15, 0.2) is 0 Å². The maximum atomic E-state index is 11.8. The van der Waals surface area contributed by atoms with E-state index in [0.717, 1.165) is 11.0 Å². The van der Waals surface area contributed by atoms with E-state index in [9.17, 15) is 4.79 Å². The number of esters is 1. The second kappa shape index (κ2) is 5.39. The van der Waals surface area contributed by atoms with Crippen LogP contribution in [0.4, 0.5) is 0 Å². The van der Waals surface area contributed by atoms with Gasteiger partial charge in [0.2, 0.25) is 0 Å². The molecule has 1 aromatic carbocycles. The molecule has 0 spiro atoms. The van der Waals surface area contributed by atoms with Gasteiger partial charge in [0, 0.05) is 5.02 Å². The van der Waals surface area contributed by atoms with Crippen molar-refractivity contribution < 1.29 is 9.53 Å². The van der Waals surface area contributed by atoms with E-state index in [0.29, 0.717) is 10.8 Å². The Hall–Kier alpha value is -1.26. The molecule has 19 heavy (non-hydrogen) atoms. The minimum atomic E-state index is -0.510. The van der Waals surface area contributed by atoms with E-state index in [-0.39, 0.29) is 11.3 Å². The van der Waals surface area contributed by atoms with Gasteiger partial charge >= 0.3 is 5.97 Å². The molecule has 1 aromatic heterocycles. The number of ether oxygens (including phenoxy) is 1. The highest BCUT2D eigenvalue weighted by Crippen LogP contribution is 2.30. The summed E-state index contributed by atoms with van der Waals surface area (Å²) in [5, 5.41) is 0.262. The zero-order chi connectivity index (χ0) is 14.2. The van der Waals surface area contributed by atoms with E-state index < -0.39 is 6.04 Å². The summed E-state index contributed by atoms with van der Waals surface area (Å²) in [4.78, 5) is 16.2. The van der Waals surface area contributed by atoms with Crippen LogP contribution in [0.1, 0.15) is 31.1 Å². The number of carbonyl (C=O) groups is 1. The van der Waals surface area contributed by atoms with Crippen molar-refractivity contribution >= 4 is 40.2 Å². The number of methoxy groups -OCH3 is 1. The summed E-state index contributed by atoms with van der Waals surface area (Å²) in [6.07, 6.45) is 0. The first-order valence-corrected chi connectivity index (χ1v) is 6.66. The number of alkyl halides is 1. The number of imidazole rings is 1. The number of fused-ring (bicyclic) bond motifs is 1. The average molecular weight is 301 g/mol. The van der Waals surface area contributed by atoms with Crippen molar-refractivity contribution in [1.82, 2.24) is 9.55 Å². The topological polar surface area (TPSA) is 44.1 Å². The molecule has 1 heterocycles. The largest absolute Gasteiger partial charge is 0.467 e. The Kier molecular flexibility index (Phi) is 4.02. The molecule has 0 bridgehead atoms. The molecule has 102 valence electrons. The maximum Gasteiger partial charge on any atom is 0.328 e. The maximum absolute atomic E-state index is 11.8. The van der Waals surface area contributed by atoms with Gasteiger partial charge in [-0.25, -0.2) is 9.78 Å². The zero-order valence-electron chi connectivity index (χ0n) is 10.9. The van der Waals surface area contributed by atoms with Gasteiger partial charge in [-0.2, -0.15) is 0 Å². The number of hydrogen-bond acceptors (Lipinski definition) is 3. The van der Waals surface area contributed by atoms with Crippen LogP contribution in [0, 0.1) is 0 Å². The molecular weight excluding hydrogens is 287 g/mol. The Balaban J connectivity index is 2.70. The number of hydrogen-bond donors (Lipinski definition) is 0. The minimum Gasteiger partial charge on any atom is -0.467 e. The number of halogens is 2. The zero-order valence-corrected chi connectivity index (χ0v) is 12.4. The molecule has 4 nitrogen and oxygen atoms in total. The number of carbonyl (C=O) groups excluding carboxylic acids is 1. The first-order chi connectivity index (χ1) is 8.95. The van der Waals surface area contributed by atoms with Crippen LogP contribution in [0.5, 0.6) is 0 Å². The molecule has 0 amide bonds. The predicted molar refractivity (Wildman–Crippen MR) is 75.7 cm³/mol. The van der Waals surface area contributed by atoms with Gasteiger partial charge in [-0.1, -0.05) is 11.6 Å². The third-order valence-electron chi connectivity index (χ3n) is 2.96. The lowest BCUT2D eigenvalue weighted by molar-refractivity contribution is -0.143. The standard InChI is InChI=1S/C13H14Cl2N2O2/c1-7(14)12-16-10-5-4-9(15)6-11(10)17(12)8(2)13(18)19-3/h4-8H,1-3H3. The van der Waals surface area contributed by atoms with Crippen LogP contribution in [-0.2, 0) is 9.53 Å². The summed E-state index contributed by atoms with van der Waals surface area (Å²) in [5.41, 5.74) is 1.52. The second-order valence-electron chi connectivity index (χ2n) is 4.29. The van der Waals surface area contributed by atoms with E-state index >= 15 is 0 Å². The van der Waals surface area contributed by atoms with Crippen LogP contribution >= 0.6 is 23.2 Å². The summed E-state index contributed by atoms with van der Waals surface area (Å²) in [6.45, 7) is 3.56. The van der Waals surface area contributed by atoms with Gasteiger partial charge in [-0.3, -0.25) is 0 Å². The van der Waals surface area contributed by atoms with Crippen molar-refractivity contribution in [3.8, 4) is 0 Å². The first-order valence-electron chi connectivity index (χ1n) is 5.85. The fourth-order valence-electron chi connectivity index (χ4n) is 2.05. The number of benzene rings is 1. The molecule has 6 heteroatoms. The molecule has 0 aliphatic heterocycles. The monoisotopic (exact) mass is 300 g/mol. The van der Waals surface area contributed by atoms with Gasteiger partial charge < -0.3 is 9.30 Å². The van der Waals surface area contributed by atoms with Gasteiger partial charge in [-0.05, 0) is 32.0 Å². The van der Waals surface area contributed by atoms with Crippen LogP contribution in [-0.4, -0.2) is 22.6 Å². The summed E-state index contributed by atoms with van der Waals surface area (Å²) in [6, 6.07) is 4.82. The smallest absolute Gasteiger partial charge is 0.328 e. The van der Waals surface area contributed by atoms with E-state index in [1.165, 1.54) is 7.11 Å². The van der Waals surface area contributed by atoms with Crippen LogP contribution in [0.15, 0.2) is 18.2 Å². The van der Waals surface area contributed by atoms with Crippen molar-refractivity contribution in [2.24, 2.45) is 0 Å². The quantitative estimate of drug-likeness (QED) is 0.641. The van der Waals surface area contributed by atoms with Crippen LogP contribution in [0.2, 0.25) is 5.02 Å². The predicted octanol–water partition coefficient (Wildman–Crippen LogP) is 3.72. The van der Waals surface area contributed by atoms with Gasteiger partial charge in [0.05, 0.1) is 23.5 Å². The summed E-state index contributed by atoms with van der Waals surface area (Å²) in [7, 11) is 1.36. The van der Waals surface area contributed by atoms with E-state index in [1.54, 1.807) is 29.7 Å². The fourth-order valence-corrected chi connectivity index (χ4v) is 2.37. The molecule has 2 unspecified atom stereocenters. The number of nitrogens with zero attached hydrogens (tertiary/aromatic N) is 2. The third kappa shape index (κ3) is 2.55. The molecular formula is C13H14Cl2N2O2. The number of rotatable bonds is 3. The summed E-state index contributed by atoms with van der Waals surface area (Å²) in [5.74, 6) is 0.273. The lowest BCUT2D eigenvalue weighted by Crippen LogP contribution is -2.20. The average Bonchev–Trinajstić information content (AvgIpc) is 2.75. The molecule has 0 saturated heterocycles. The van der Waals surface area contributed by atoms with Crippen molar-refractivity contribution in [3.05, 3.63) is 29.0 Å². The van der Waals surface area contributed by atoms with Crippen molar-refractivity contribution in [2.45, 2.75) is 25.3 Å². The van der Waals surface area contributed by atoms with Crippen molar-refractivity contribution in [3.63, 3.8) is 0 Å². The Labute approximate surface area is 121 Å². The molecule has 0 fully saturated rings. The molecule has 2 aromatic rings. The highest BCUT2D eigenvalue weighted by molar-refractivity contribution is 6.31. The summed E-state index contributed by atoms with van der Waals surface area (Å²) >= 11 is 12.2. The van der Waals surface area contributed by atoms with Gasteiger partial charge in [-0.15, -0.1) is 11.6 Å². The molecule has 2 atom stereocenters. The Bertz CT molecular complexity index is 622. The highest BCUT2D eigenvalue weighted by Gasteiger charge is 2.24. The summed E-state index contributed by atoms with van der Waals surface area (Å²) < 4.78 is 6.55. The molecule has 0 N–H and O–H groups in total. The molecule has 2 rings (SSSR count). The van der Waals surface area contributed by atoms with Gasteiger partial charge in [0.1, 0.15) is 11.9 Å². The second-order valence-corrected chi connectivity index (χ2v) is 5.38. The molecule has 0 aliphatic carbocycles. The van der Waals surface area contributed by atoms with Crippen LogP contribution in [0.3, 0.4) is 0 Å². The SMILES string of the molecule is COC(=O)C(C)n1c(C(C)Cl)nc2ccc(Cl)cc21. The molecule has 0 aliphatic rings. The Morgan fingerprint density at radius 2 is 2.11 bits per heavy atom. The highest BCUT2D eigenvalue weighted by atomic mass is 35.5. The fraction of sp³-hybridized carbons (Fsp3) is 0.385.